The van der Waals surface area contributed by atoms with Gasteiger partial charge in [-0.25, -0.2) is 8.42 Å². The highest BCUT2D eigenvalue weighted by Crippen LogP contribution is 2.28. The standard InChI is InChI=1S/C22H24N4O5S2/c1-30-16-9-11-18(12-10-16)33(28,29)26-14-5-8-19(26)21(27)23-22-25-24-20(31-22)13-15-32-17-6-3-2-4-7-17/h2-4,6-7,9-12,19H,5,8,13-15H2,1H3,(H,23,25,27). The average molecular weight is 489 g/mol. The Bertz CT molecular complexity index is 1180. The van der Waals surface area contributed by atoms with Crippen molar-refractivity contribution in [1.29, 1.82) is 0 Å². The Hall–Kier alpha value is -2.89. The molecule has 1 unspecified atom stereocenters. The van der Waals surface area contributed by atoms with Crippen molar-refractivity contribution in [1.82, 2.24) is 14.5 Å². The molecule has 0 saturated carbocycles. The van der Waals surface area contributed by atoms with Gasteiger partial charge in [0.2, 0.25) is 21.8 Å². The zero-order valence-electron chi connectivity index (χ0n) is 18.0. The highest BCUT2D eigenvalue weighted by atomic mass is 32.2. The summed E-state index contributed by atoms with van der Waals surface area (Å²) in [6.45, 7) is 0.262. The lowest BCUT2D eigenvalue weighted by atomic mass is 10.2. The lowest BCUT2D eigenvalue weighted by Gasteiger charge is -2.22. The van der Waals surface area contributed by atoms with Crippen molar-refractivity contribution in [3.63, 3.8) is 0 Å². The van der Waals surface area contributed by atoms with Crippen molar-refractivity contribution in [2.45, 2.75) is 35.1 Å². The summed E-state index contributed by atoms with van der Waals surface area (Å²) in [5, 5.41) is 10.4. The molecule has 2 heterocycles. The van der Waals surface area contributed by atoms with E-state index in [4.69, 9.17) is 9.15 Å². The number of amides is 1. The van der Waals surface area contributed by atoms with Crippen LogP contribution in [0.4, 0.5) is 6.01 Å². The van der Waals surface area contributed by atoms with Crippen LogP contribution in [0, 0.1) is 0 Å². The quantitative estimate of drug-likeness (QED) is 0.457. The third kappa shape index (κ3) is 5.55. The maximum Gasteiger partial charge on any atom is 0.322 e. The van der Waals surface area contributed by atoms with E-state index in [1.165, 1.54) is 23.5 Å². The number of methoxy groups -OCH3 is 1. The predicted octanol–water partition coefficient (Wildman–Crippen LogP) is 3.20. The lowest BCUT2D eigenvalue weighted by molar-refractivity contribution is -0.119. The number of ether oxygens (including phenoxy) is 1. The fourth-order valence-corrected chi connectivity index (χ4v) is 6.06. The fraction of sp³-hybridized carbons (Fsp3) is 0.318. The highest BCUT2D eigenvalue weighted by Gasteiger charge is 2.39. The molecule has 1 amide bonds. The van der Waals surface area contributed by atoms with Crippen molar-refractivity contribution in [3.8, 4) is 5.75 Å². The maximum atomic E-state index is 13.1. The van der Waals surface area contributed by atoms with Crippen LogP contribution in [0.1, 0.15) is 18.7 Å². The molecule has 174 valence electrons. The van der Waals surface area contributed by atoms with Gasteiger partial charge in [-0.2, -0.15) is 4.31 Å². The Morgan fingerprint density at radius 1 is 1.18 bits per heavy atom. The van der Waals surface area contributed by atoms with Gasteiger partial charge in [-0.1, -0.05) is 23.3 Å². The van der Waals surface area contributed by atoms with Crippen LogP contribution in [0.15, 0.2) is 68.8 Å². The van der Waals surface area contributed by atoms with Gasteiger partial charge in [-0.3, -0.25) is 10.1 Å². The molecule has 1 saturated heterocycles. The number of carbonyl (C=O) groups is 1. The minimum Gasteiger partial charge on any atom is -0.497 e. The van der Waals surface area contributed by atoms with Crippen molar-refractivity contribution in [2.24, 2.45) is 0 Å². The zero-order valence-corrected chi connectivity index (χ0v) is 19.6. The molecule has 11 heteroatoms. The van der Waals surface area contributed by atoms with Crippen LogP contribution >= 0.6 is 11.8 Å². The number of aryl methyl sites for hydroxylation is 1. The Morgan fingerprint density at radius 2 is 1.94 bits per heavy atom. The number of thioether (sulfide) groups is 1. The van der Waals surface area contributed by atoms with Gasteiger partial charge in [0.1, 0.15) is 11.8 Å². The fourth-order valence-electron chi connectivity index (χ4n) is 3.54. The maximum absolute atomic E-state index is 13.1. The summed E-state index contributed by atoms with van der Waals surface area (Å²) >= 11 is 1.67. The van der Waals surface area contributed by atoms with Crippen LogP contribution in [0.5, 0.6) is 5.75 Å². The first-order chi connectivity index (χ1) is 16.0. The monoisotopic (exact) mass is 488 g/mol. The van der Waals surface area contributed by atoms with E-state index in [9.17, 15) is 13.2 Å². The average Bonchev–Trinajstić information content (AvgIpc) is 3.50. The van der Waals surface area contributed by atoms with Crippen LogP contribution in [-0.2, 0) is 21.2 Å². The summed E-state index contributed by atoms with van der Waals surface area (Å²) in [6, 6.07) is 15.2. The number of sulfonamides is 1. The van der Waals surface area contributed by atoms with E-state index in [0.29, 0.717) is 30.9 Å². The molecule has 0 bridgehead atoms. The number of rotatable bonds is 9. The Balaban J connectivity index is 1.36. The molecular weight excluding hydrogens is 464 g/mol. The van der Waals surface area contributed by atoms with Crippen molar-refractivity contribution in [2.75, 3.05) is 24.7 Å². The first-order valence-corrected chi connectivity index (χ1v) is 12.9. The molecule has 1 aliphatic heterocycles. The Morgan fingerprint density at radius 3 is 2.67 bits per heavy atom. The lowest BCUT2D eigenvalue weighted by Crippen LogP contribution is -2.43. The molecule has 1 atom stereocenters. The minimum absolute atomic E-state index is 0.0339. The molecule has 2 aromatic carbocycles. The van der Waals surface area contributed by atoms with Gasteiger partial charge in [-0.05, 0) is 49.2 Å². The van der Waals surface area contributed by atoms with E-state index in [1.54, 1.807) is 23.9 Å². The number of benzene rings is 2. The second kappa shape index (κ2) is 10.4. The first kappa shape index (κ1) is 23.3. The van der Waals surface area contributed by atoms with E-state index in [1.807, 2.05) is 30.3 Å². The van der Waals surface area contributed by atoms with Crippen molar-refractivity contribution in [3.05, 3.63) is 60.5 Å². The number of hydrogen-bond acceptors (Lipinski definition) is 8. The van der Waals surface area contributed by atoms with Gasteiger partial charge in [0.25, 0.3) is 0 Å². The van der Waals surface area contributed by atoms with E-state index >= 15 is 0 Å². The summed E-state index contributed by atoms with van der Waals surface area (Å²) in [5.74, 6) is 1.22. The smallest absolute Gasteiger partial charge is 0.322 e. The molecule has 33 heavy (non-hydrogen) atoms. The van der Waals surface area contributed by atoms with E-state index in [0.717, 1.165) is 10.6 Å². The second-order valence-corrected chi connectivity index (χ2v) is 10.4. The minimum atomic E-state index is -3.84. The molecule has 0 spiro atoms. The highest BCUT2D eigenvalue weighted by molar-refractivity contribution is 7.99. The summed E-state index contributed by atoms with van der Waals surface area (Å²) in [6.07, 6.45) is 1.54. The van der Waals surface area contributed by atoms with Crippen LogP contribution in [0.3, 0.4) is 0 Å². The van der Waals surface area contributed by atoms with Crippen LogP contribution in [-0.4, -0.2) is 54.3 Å². The topological polar surface area (TPSA) is 115 Å². The third-order valence-corrected chi connectivity index (χ3v) is 8.13. The van der Waals surface area contributed by atoms with E-state index < -0.39 is 22.0 Å². The van der Waals surface area contributed by atoms with Gasteiger partial charge >= 0.3 is 6.01 Å². The number of hydrogen-bond donors (Lipinski definition) is 1. The third-order valence-electron chi connectivity index (χ3n) is 5.20. The normalized spacial score (nSPS) is 16.6. The molecule has 1 fully saturated rings. The van der Waals surface area contributed by atoms with E-state index in [2.05, 4.69) is 15.5 Å². The number of carbonyl (C=O) groups excluding carboxylic acids is 1. The SMILES string of the molecule is COc1ccc(S(=O)(=O)N2CCCC2C(=O)Nc2nnc(CCSc3ccccc3)o2)cc1. The molecule has 3 aromatic rings. The van der Waals surface area contributed by atoms with Gasteiger partial charge in [0, 0.05) is 23.6 Å². The molecular formula is C22H24N4O5S2. The summed E-state index contributed by atoms with van der Waals surface area (Å²) in [5.41, 5.74) is 0. The number of nitrogens with zero attached hydrogens (tertiary/aromatic N) is 3. The zero-order chi connectivity index (χ0) is 23.3. The van der Waals surface area contributed by atoms with Crippen LogP contribution in [0.2, 0.25) is 0 Å². The van der Waals surface area contributed by atoms with Gasteiger partial charge in [-0.15, -0.1) is 16.9 Å². The number of aromatic nitrogens is 2. The van der Waals surface area contributed by atoms with Crippen LogP contribution in [0.25, 0.3) is 0 Å². The van der Waals surface area contributed by atoms with Crippen molar-refractivity contribution >= 4 is 33.7 Å². The summed E-state index contributed by atoms with van der Waals surface area (Å²) < 4.78 is 38.0. The summed E-state index contributed by atoms with van der Waals surface area (Å²) in [7, 11) is -2.33. The molecule has 4 rings (SSSR count). The predicted molar refractivity (Wildman–Crippen MR) is 124 cm³/mol. The number of anilines is 1. The molecule has 1 N–H and O–H groups in total. The molecule has 0 aliphatic carbocycles. The second-order valence-electron chi connectivity index (χ2n) is 7.35. The van der Waals surface area contributed by atoms with Crippen LogP contribution < -0.4 is 10.1 Å². The largest absolute Gasteiger partial charge is 0.497 e. The molecule has 1 aliphatic rings. The Labute approximate surface area is 196 Å². The van der Waals surface area contributed by atoms with Gasteiger partial charge in [0.05, 0.1) is 12.0 Å². The first-order valence-electron chi connectivity index (χ1n) is 10.4. The molecule has 1 aromatic heterocycles. The van der Waals surface area contributed by atoms with Crippen molar-refractivity contribution < 1.29 is 22.4 Å². The molecule has 9 nitrogen and oxygen atoms in total. The number of nitrogens with one attached hydrogen (secondary N) is 1. The van der Waals surface area contributed by atoms with Gasteiger partial charge in [0.15, 0.2) is 0 Å². The summed E-state index contributed by atoms with van der Waals surface area (Å²) in [4.78, 5) is 14.1. The Kier molecular flexibility index (Phi) is 7.31. The molecule has 0 radical (unpaired) electrons. The van der Waals surface area contributed by atoms with E-state index in [-0.39, 0.29) is 17.5 Å². The van der Waals surface area contributed by atoms with Gasteiger partial charge < -0.3 is 9.15 Å².